The molecule has 3 unspecified atom stereocenters. The Balaban J connectivity index is 1.97. The molecule has 0 aliphatic carbocycles. The van der Waals surface area contributed by atoms with Crippen molar-refractivity contribution in [3.8, 4) is 0 Å². The van der Waals surface area contributed by atoms with E-state index in [0.717, 1.165) is 26.0 Å². The molecule has 108 valence electrons. The predicted octanol–water partition coefficient (Wildman–Crippen LogP) is 2.45. The van der Waals surface area contributed by atoms with Crippen LogP contribution in [0.4, 0.5) is 0 Å². The lowest BCUT2D eigenvalue weighted by atomic mass is 9.85. The second-order valence-electron chi connectivity index (χ2n) is 6.75. The van der Waals surface area contributed by atoms with Crippen LogP contribution in [0.5, 0.6) is 0 Å². The van der Waals surface area contributed by atoms with Gasteiger partial charge in [0.1, 0.15) is 0 Å². The first-order valence-corrected chi connectivity index (χ1v) is 7.28. The van der Waals surface area contributed by atoms with Gasteiger partial charge in [-0.05, 0) is 25.2 Å². The Morgan fingerprint density at radius 3 is 2.84 bits per heavy atom. The van der Waals surface area contributed by atoms with Gasteiger partial charge >= 0.3 is 0 Å². The van der Waals surface area contributed by atoms with E-state index in [1.54, 1.807) is 0 Å². The van der Waals surface area contributed by atoms with Gasteiger partial charge in [0.15, 0.2) is 0 Å². The first-order chi connectivity index (χ1) is 8.95. The van der Waals surface area contributed by atoms with Gasteiger partial charge in [-0.2, -0.15) is 0 Å². The van der Waals surface area contributed by atoms with Gasteiger partial charge in [0.25, 0.3) is 0 Å². The first-order valence-electron chi connectivity index (χ1n) is 7.28. The summed E-state index contributed by atoms with van der Waals surface area (Å²) in [6.45, 7) is 10.9. The maximum absolute atomic E-state index is 5.63. The van der Waals surface area contributed by atoms with E-state index in [-0.39, 0.29) is 5.41 Å². The molecular formula is C15H27N3O. The number of ether oxygens (including phenoxy) is 1. The van der Waals surface area contributed by atoms with E-state index in [1.807, 2.05) is 18.7 Å². The summed E-state index contributed by atoms with van der Waals surface area (Å²) >= 11 is 0. The van der Waals surface area contributed by atoms with Crippen molar-refractivity contribution in [3.05, 3.63) is 18.7 Å². The van der Waals surface area contributed by atoms with Crippen LogP contribution in [0.2, 0.25) is 0 Å². The Morgan fingerprint density at radius 1 is 1.47 bits per heavy atom. The van der Waals surface area contributed by atoms with Crippen LogP contribution >= 0.6 is 0 Å². The molecule has 0 saturated carbocycles. The number of hydrogen-bond acceptors (Lipinski definition) is 3. The third-order valence-electron chi connectivity index (χ3n) is 3.92. The minimum absolute atomic E-state index is 0.228. The molecule has 0 bridgehead atoms. The number of nitrogens with zero attached hydrogens (tertiary/aromatic N) is 2. The summed E-state index contributed by atoms with van der Waals surface area (Å²) < 4.78 is 7.78. The average Bonchev–Trinajstić information content (AvgIpc) is 2.80. The highest BCUT2D eigenvalue weighted by molar-refractivity contribution is 4.88. The zero-order valence-corrected chi connectivity index (χ0v) is 12.6. The van der Waals surface area contributed by atoms with Gasteiger partial charge < -0.3 is 14.6 Å². The van der Waals surface area contributed by atoms with E-state index >= 15 is 0 Å². The fraction of sp³-hybridized carbons (Fsp3) is 0.800. The maximum Gasteiger partial charge on any atom is 0.0946 e. The normalized spacial score (nSPS) is 26.3. The third-order valence-corrected chi connectivity index (χ3v) is 3.92. The number of aromatic nitrogens is 2. The molecule has 1 fully saturated rings. The van der Waals surface area contributed by atoms with Crippen LogP contribution in [0.3, 0.4) is 0 Å². The Bertz CT molecular complexity index is 369. The summed E-state index contributed by atoms with van der Waals surface area (Å²) in [5, 5.41) is 3.84. The Morgan fingerprint density at radius 2 is 2.26 bits per heavy atom. The minimum atomic E-state index is 0.228. The summed E-state index contributed by atoms with van der Waals surface area (Å²) in [5.74, 6) is 0. The standard InChI is InChI=1S/C15H27N3O/c1-12-9-13(5-8-19-12)17-14(15(2,3)4)10-18-7-6-16-11-18/h6-7,11-14,17H,5,8-10H2,1-4H3. The largest absolute Gasteiger partial charge is 0.378 e. The summed E-state index contributed by atoms with van der Waals surface area (Å²) in [4.78, 5) is 4.13. The first kappa shape index (κ1) is 14.5. The molecule has 1 aromatic heterocycles. The van der Waals surface area contributed by atoms with Gasteiger partial charge in [-0.3, -0.25) is 0 Å². The van der Waals surface area contributed by atoms with Crippen molar-refractivity contribution in [2.45, 2.75) is 65.3 Å². The zero-order valence-electron chi connectivity index (χ0n) is 12.6. The van der Waals surface area contributed by atoms with Crippen molar-refractivity contribution in [2.75, 3.05) is 6.61 Å². The summed E-state index contributed by atoms with van der Waals surface area (Å²) in [6.07, 6.45) is 8.37. The zero-order chi connectivity index (χ0) is 13.9. The molecule has 4 nitrogen and oxygen atoms in total. The van der Waals surface area contributed by atoms with Crippen LogP contribution in [-0.4, -0.2) is 34.3 Å². The molecule has 2 heterocycles. The molecule has 1 aliphatic rings. The molecule has 19 heavy (non-hydrogen) atoms. The second-order valence-corrected chi connectivity index (χ2v) is 6.75. The Labute approximate surface area is 116 Å². The molecule has 3 atom stereocenters. The molecule has 4 heteroatoms. The number of rotatable bonds is 4. The molecule has 1 aromatic rings. The number of hydrogen-bond donors (Lipinski definition) is 1. The summed E-state index contributed by atoms with van der Waals surface area (Å²) in [5.41, 5.74) is 0.228. The van der Waals surface area contributed by atoms with E-state index < -0.39 is 0 Å². The van der Waals surface area contributed by atoms with Crippen molar-refractivity contribution < 1.29 is 4.74 Å². The molecule has 0 amide bonds. The summed E-state index contributed by atoms with van der Waals surface area (Å²) in [6, 6.07) is 1.01. The predicted molar refractivity (Wildman–Crippen MR) is 77.0 cm³/mol. The van der Waals surface area contributed by atoms with Crippen molar-refractivity contribution in [1.29, 1.82) is 0 Å². The van der Waals surface area contributed by atoms with E-state index in [9.17, 15) is 0 Å². The lowest BCUT2D eigenvalue weighted by molar-refractivity contribution is 0.00724. The van der Waals surface area contributed by atoms with Crippen LogP contribution in [-0.2, 0) is 11.3 Å². The molecule has 1 saturated heterocycles. The molecule has 0 aromatic carbocycles. The smallest absolute Gasteiger partial charge is 0.0946 e. The van der Waals surface area contributed by atoms with Crippen LogP contribution in [0, 0.1) is 5.41 Å². The quantitative estimate of drug-likeness (QED) is 0.909. The van der Waals surface area contributed by atoms with Crippen LogP contribution in [0.1, 0.15) is 40.5 Å². The van der Waals surface area contributed by atoms with Crippen molar-refractivity contribution in [1.82, 2.24) is 14.9 Å². The van der Waals surface area contributed by atoms with Gasteiger partial charge in [-0.1, -0.05) is 20.8 Å². The molecular weight excluding hydrogens is 238 g/mol. The van der Waals surface area contributed by atoms with Crippen LogP contribution in [0.15, 0.2) is 18.7 Å². The van der Waals surface area contributed by atoms with Crippen molar-refractivity contribution in [3.63, 3.8) is 0 Å². The van der Waals surface area contributed by atoms with Crippen molar-refractivity contribution >= 4 is 0 Å². The highest BCUT2D eigenvalue weighted by Gasteiger charge is 2.29. The lowest BCUT2D eigenvalue weighted by Gasteiger charge is -2.37. The number of imidazole rings is 1. The number of nitrogens with one attached hydrogen (secondary N) is 1. The maximum atomic E-state index is 5.63. The fourth-order valence-corrected chi connectivity index (χ4v) is 2.62. The average molecular weight is 265 g/mol. The van der Waals surface area contributed by atoms with Gasteiger partial charge in [-0.15, -0.1) is 0 Å². The fourth-order valence-electron chi connectivity index (χ4n) is 2.62. The molecule has 0 radical (unpaired) electrons. The third kappa shape index (κ3) is 4.32. The van der Waals surface area contributed by atoms with Gasteiger partial charge in [-0.25, -0.2) is 4.98 Å². The lowest BCUT2D eigenvalue weighted by Crippen LogP contribution is -2.50. The second kappa shape index (κ2) is 6.06. The van der Waals surface area contributed by atoms with E-state index in [2.05, 4.69) is 42.6 Å². The van der Waals surface area contributed by atoms with E-state index in [0.29, 0.717) is 18.2 Å². The van der Waals surface area contributed by atoms with Gasteiger partial charge in [0, 0.05) is 37.6 Å². The molecule has 0 spiro atoms. The van der Waals surface area contributed by atoms with Crippen molar-refractivity contribution in [2.24, 2.45) is 5.41 Å². The monoisotopic (exact) mass is 265 g/mol. The topological polar surface area (TPSA) is 39.1 Å². The van der Waals surface area contributed by atoms with Crippen LogP contribution in [0.25, 0.3) is 0 Å². The van der Waals surface area contributed by atoms with E-state index in [1.165, 1.54) is 0 Å². The highest BCUT2D eigenvalue weighted by Crippen LogP contribution is 2.23. The Kier molecular flexibility index (Phi) is 4.63. The molecule has 1 N–H and O–H groups in total. The molecule has 2 rings (SSSR count). The van der Waals surface area contributed by atoms with E-state index in [4.69, 9.17) is 4.74 Å². The Hall–Kier alpha value is -0.870. The SMILES string of the molecule is CC1CC(NC(Cn2ccnc2)C(C)(C)C)CCO1. The highest BCUT2D eigenvalue weighted by atomic mass is 16.5. The van der Waals surface area contributed by atoms with Crippen LogP contribution < -0.4 is 5.32 Å². The van der Waals surface area contributed by atoms with Gasteiger partial charge in [0.2, 0.25) is 0 Å². The molecule has 1 aliphatic heterocycles. The van der Waals surface area contributed by atoms with Gasteiger partial charge in [0.05, 0.1) is 12.4 Å². The summed E-state index contributed by atoms with van der Waals surface area (Å²) in [7, 11) is 0. The minimum Gasteiger partial charge on any atom is -0.378 e.